The van der Waals surface area contributed by atoms with Gasteiger partial charge in [0.2, 0.25) is 5.91 Å². The predicted octanol–water partition coefficient (Wildman–Crippen LogP) is 3.13. The van der Waals surface area contributed by atoms with Crippen LogP contribution in [0.1, 0.15) is 30.9 Å². The monoisotopic (exact) mass is 341 g/mol. The number of amides is 1. The Balaban J connectivity index is 1.71. The van der Waals surface area contributed by atoms with Gasteiger partial charge in [-0.2, -0.15) is 0 Å². The van der Waals surface area contributed by atoms with Gasteiger partial charge in [-0.25, -0.2) is 0 Å². The van der Waals surface area contributed by atoms with Gasteiger partial charge in [0.05, 0.1) is 12.7 Å². The summed E-state index contributed by atoms with van der Waals surface area (Å²) in [6.45, 7) is 1.98. The van der Waals surface area contributed by atoms with E-state index in [2.05, 4.69) is 17.4 Å². The molecule has 25 heavy (non-hydrogen) atoms. The first-order valence-electron chi connectivity index (χ1n) is 8.64. The summed E-state index contributed by atoms with van der Waals surface area (Å²) in [7, 11) is 1.62. The van der Waals surface area contributed by atoms with Crippen molar-refractivity contribution in [2.75, 3.05) is 13.7 Å². The molecule has 4 nitrogen and oxygen atoms in total. The molecule has 0 bridgehead atoms. The van der Waals surface area contributed by atoms with E-state index in [1.165, 1.54) is 5.56 Å². The van der Waals surface area contributed by atoms with E-state index in [-0.39, 0.29) is 12.5 Å². The van der Waals surface area contributed by atoms with Gasteiger partial charge in [0.15, 0.2) is 0 Å². The predicted molar refractivity (Wildman–Crippen MR) is 99.7 cm³/mol. The molecule has 1 unspecified atom stereocenters. The lowest BCUT2D eigenvalue weighted by molar-refractivity contribution is -0.122. The van der Waals surface area contributed by atoms with E-state index in [4.69, 9.17) is 4.74 Å². The number of carbonyl (C=O) groups is 1. The normalized spacial score (nSPS) is 13.1. The maximum atomic E-state index is 12.0. The number of methoxy groups -OCH3 is 1. The smallest absolute Gasteiger partial charge is 0.220 e. The van der Waals surface area contributed by atoms with Crippen molar-refractivity contribution in [3.63, 3.8) is 0 Å². The summed E-state index contributed by atoms with van der Waals surface area (Å²) in [5.74, 6) is 0.765. The second-order valence-electron chi connectivity index (χ2n) is 6.64. The summed E-state index contributed by atoms with van der Waals surface area (Å²) >= 11 is 0. The number of aryl methyl sites for hydroxylation is 1. The highest BCUT2D eigenvalue weighted by atomic mass is 16.5. The van der Waals surface area contributed by atoms with Crippen molar-refractivity contribution in [3.8, 4) is 5.75 Å². The van der Waals surface area contributed by atoms with Gasteiger partial charge in [0.1, 0.15) is 5.75 Å². The second-order valence-corrected chi connectivity index (χ2v) is 6.64. The van der Waals surface area contributed by atoms with Gasteiger partial charge in [0, 0.05) is 19.4 Å². The van der Waals surface area contributed by atoms with Crippen LogP contribution in [0.3, 0.4) is 0 Å². The Bertz CT molecular complexity index is 651. The zero-order valence-electron chi connectivity index (χ0n) is 15.0. The largest absolute Gasteiger partial charge is 0.497 e. The Hall–Kier alpha value is -2.33. The first-order chi connectivity index (χ1) is 12.0. The van der Waals surface area contributed by atoms with Crippen LogP contribution in [-0.2, 0) is 17.6 Å². The highest BCUT2D eigenvalue weighted by molar-refractivity contribution is 5.75. The number of hydrogen-bond donors (Lipinski definition) is 2. The minimum absolute atomic E-state index is 0.0223. The lowest BCUT2D eigenvalue weighted by Gasteiger charge is -2.24. The molecule has 0 spiro atoms. The fraction of sp³-hybridized carbons (Fsp3) is 0.381. The Kier molecular flexibility index (Phi) is 7.02. The minimum atomic E-state index is -0.982. The van der Waals surface area contributed by atoms with E-state index in [1.54, 1.807) is 14.0 Å². The average Bonchev–Trinajstić information content (AvgIpc) is 2.61. The van der Waals surface area contributed by atoms with Gasteiger partial charge >= 0.3 is 0 Å². The van der Waals surface area contributed by atoms with Gasteiger partial charge in [-0.05, 0) is 43.0 Å². The molecule has 2 rings (SSSR count). The van der Waals surface area contributed by atoms with Crippen molar-refractivity contribution >= 4 is 5.91 Å². The zero-order valence-corrected chi connectivity index (χ0v) is 15.0. The molecular weight excluding hydrogens is 314 g/mol. The highest BCUT2D eigenvalue weighted by Gasteiger charge is 2.21. The van der Waals surface area contributed by atoms with Crippen LogP contribution in [0.2, 0.25) is 0 Å². The van der Waals surface area contributed by atoms with Crippen LogP contribution in [0.15, 0.2) is 54.6 Å². The fourth-order valence-corrected chi connectivity index (χ4v) is 2.72. The van der Waals surface area contributed by atoms with E-state index < -0.39 is 5.60 Å². The van der Waals surface area contributed by atoms with Crippen LogP contribution in [0.25, 0.3) is 0 Å². The van der Waals surface area contributed by atoms with Crippen molar-refractivity contribution in [2.24, 2.45) is 0 Å². The number of hydrogen-bond acceptors (Lipinski definition) is 3. The third-order valence-electron chi connectivity index (χ3n) is 4.12. The Morgan fingerprint density at radius 2 is 1.76 bits per heavy atom. The van der Waals surface area contributed by atoms with Crippen molar-refractivity contribution in [3.05, 3.63) is 65.7 Å². The molecular formula is C21H27NO3. The third-order valence-corrected chi connectivity index (χ3v) is 4.12. The maximum absolute atomic E-state index is 12.0. The van der Waals surface area contributed by atoms with Crippen LogP contribution in [0.4, 0.5) is 0 Å². The molecule has 0 aliphatic heterocycles. The van der Waals surface area contributed by atoms with E-state index in [0.29, 0.717) is 12.8 Å². The first-order valence-corrected chi connectivity index (χ1v) is 8.64. The molecule has 0 radical (unpaired) electrons. The lowest BCUT2D eigenvalue weighted by Crippen LogP contribution is -2.42. The van der Waals surface area contributed by atoms with Crippen molar-refractivity contribution < 1.29 is 14.6 Å². The fourth-order valence-electron chi connectivity index (χ4n) is 2.72. The van der Waals surface area contributed by atoms with E-state index in [1.807, 2.05) is 42.5 Å². The average molecular weight is 341 g/mol. The van der Waals surface area contributed by atoms with Crippen molar-refractivity contribution in [1.29, 1.82) is 0 Å². The number of nitrogens with one attached hydrogen (secondary N) is 1. The molecule has 2 aromatic rings. The van der Waals surface area contributed by atoms with Crippen LogP contribution in [0.5, 0.6) is 5.75 Å². The summed E-state index contributed by atoms with van der Waals surface area (Å²) in [6, 6.07) is 17.7. The minimum Gasteiger partial charge on any atom is -0.497 e. The molecule has 1 atom stereocenters. The van der Waals surface area contributed by atoms with Gasteiger partial charge in [-0.1, -0.05) is 42.5 Å². The second kappa shape index (κ2) is 9.23. The molecule has 0 aromatic heterocycles. The van der Waals surface area contributed by atoms with Gasteiger partial charge < -0.3 is 15.2 Å². The molecule has 0 aliphatic rings. The Labute approximate surface area is 149 Å². The van der Waals surface area contributed by atoms with Crippen molar-refractivity contribution in [1.82, 2.24) is 5.32 Å². The number of aliphatic hydroxyl groups is 1. The maximum Gasteiger partial charge on any atom is 0.220 e. The summed E-state index contributed by atoms with van der Waals surface area (Å²) in [6.07, 6.45) is 2.63. The molecule has 2 N–H and O–H groups in total. The van der Waals surface area contributed by atoms with E-state index >= 15 is 0 Å². The molecule has 4 heteroatoms. The summed E-state index contributed by atoms with van der Waals surface area (Å²) < 4.78 is 5.13. The zero-order chi connectivity index (χ0) is 18.1. The molecule has 134 valence electrons. The third kappa shape index (κ3) is 6.98. The molecule has 0 saturated carbocycles. The quantitative estimate of drug-likeness (QED) is 0.737. The standard InChI is InChI=1S/C21H27NO3/c1-21(24,15-18-11-13-19(25-2)14-12-18)16-22-20(23)10-6-9-17-7-4-3-5-8-17/h3-5,7-8,11-14,24H,6,9-10,15-16H2,1-2H3,(H,22,23). The molecule has 2 aromatic carbocycles. The molecule has 0 fully saturated rings. The summed E-state index contributed by atoms with van der Waals surface area (Å²) in [5.41, 5.74) is 1.26. The number of benzene rings is 2. The van der Waals surface area contributed by atoms with Crippen LogP contribution < -0.4 is 10.1 Å². The molecule has 0 aliphatic carbocycles. The topological polar surface area (TPSA) is 58.6 Å². The SMILES string of the molecule is COc1ccc(CC(C)(O)CNC(=O)CCCc2ccccc2)cc1. The van der Waals surface area contributed by atoms with Crippen LogP contribution >= 0.6 is 0 Å². The number of ether oxygens (including phenoxy) is 1. The summed E-state index contributed by atoms with van der Waals surface area (Å²) in [5, 5.41) is 13.3. The molecule has 1 amide bonds. The van der Waals surface area contributed by atoms with E-state index in [0.717, 1.165) is 24.2 Å². The number of rotatable bonds is 9. The molecule has 0 saturated heterocycles. The van der Waals surface area contributed by atoms with Gasteiger partial charge in [0.25, 0.3) is 0 Å². The highest BCUT2D eigenvalue weighted by Crippen LogP contribution is 2.16. The molecule has 0 heterocycles. The van der Waals surface area contributed by atoms with Crippen molar-refractivity contribution in [2.45, 2.75) is 38.2 Å². The first kappa shape index (κ1) is 19.0. The van der Waals surface area contributed by atoms with Crippen LogP contribution in [0, 0.1) is 0 Å². The van der Waals surface area contributed by atoms with Crippen LogP contribution in [-0.4, -0.2) is 30.3 Å². The Morgan fingerprint density at radius 1 is 1.08 bits per heavy atom. The van der Waals surface area contributed by atoms with Gasteiger partial charge in [-0.15, -0.1) is 0 Å². The lowest BCUT2D eigenvalue weighted by atomic mass is 9.96. The van der Waals surface area contributed by atoms with E-state index in [9.17, 15) is 9.90 Å². The van der Waals surface area contributed by atoms with Gasteiger partial charge in [-0.3, -0.25) is 4.79 Å². The number of carbonyl (C=O) groups excluding carboxylic acids is 1. The summed E-state index contributed by atoms with van der Waals surface area (Å²) in [4.78, 5) is 12.0. The Morgan fingerprint density at radius 3 is 2.40 bits per heavy atom.